The molecule has 2 heterocycles. The Hall–Kier alpha value is -3.98. The first-order chi connectivity index (χ1) is 15.1. The summed E-state index contributed by atoms with van der Waals surface area (Å²) in [7, 11) is 1.58. The highest BCUT2D eigenvalue weighted by molar-refractivity contribution is 6.04. The van der Waals surface area contributed by atoms with Crippen molar-refractivity contribution in [1.82, 2.24) is 14.8 Å². The summed E-state index contributed by atoms with van der Waals surface area (Å²) in [4.78, 5) is 16.9. The maximum atomic E-state index is 13.1. The number of methoxy groups -OCH3 is 1. The second-order valence-electron chi connectivity index (χ2n) is 6.46. The summed E-state index contributed by atoms with van der Waals surface area (Å²) in [5.74, 6) is 0.193. The molecule has 31 heavy (non-hydrogen) atoms. The molecule has 2 aromatic heterocycles. The standard InChI is InChI=1S/C22H19FN4O4/c1-29-12-13-31-22-25-20(19-6-3-11-30-19)27(26-22)18-5-2-4-17(14-18)24-21(28)15-7-9-16(23)10-8-15/h2-11,14H,12-13H2,1H3,(H,24,28). The number of benzene rings is 2. The number of amides is 1. The van der Waals surface area contributed by atoms with E-state index >= 15 is 0 Å². The monoisotopic (exact) mass is 422 g/mol. The van der Waals surface area contributed by atoms with Gasteiger partial charge in [0.2, 0.25) is 5.82 Å². The minimum atomic E-state index is -0.404. The number of nitrogens with zero attached hydrogens (tertiary/aromatic N) is 3. The van der Waals surface area contributed by atoms with E-state index in [0.717, 1.165) is 0 Å². The number of ether oxygens (including phenoxy) is 2. The first-order valence-electron chi connectivity index (χ1n) is 9.44. The summed E-state index contributed by atoms with van der Waals surface area (Å²) in [5, 5.41) is 7.21. The van der Waals surface area contributed by atoms with E-state index in [9.17, 15) is 9.18 Å². The second-order valence-corrected chi connectivity index (χ2v) is 6.46. The zero-order valence-electron chi connectivity index (χ0n) is 16.6. The van der Waals surface area contributed by atoms with Gasteiger partial charge >= 0.3 is 6.01 Å². The van der Waals surface area contributed by atoms with E-state index in [4.69, 9.17) is 13.9 Å². The third-order valence-electron chi connectivity index (χ3n) is 4.30. The highest BCUT2D eigenvalue weighted by atomic mass is 19.1. The van der Waals surface area contributed by atoms with Crippen molar-refractivity contribution in [3.05, 3.63) is 78.3 Å². The van der Waals surface area contributed by atoms with Crippen LogP contribution in [0.5, 0.6) is 6.01 Å². The number of hydrogen-bond acceptors (Lipinski definition) is 6. The molecule has 0 atom stereocenters. The largest absolute Gasteiger partial charge is 0.461 e. The molecule has 8 nitrogen and oxygen atoms in total. The Kier molecular flexibility index (Phi) is 6.04. The number of hydrogen-bond donors (Lipinski definition) is 1. The number of rotatable bonds is 8. The van der Waals surface area contributed by atoms with Gasteiger partial charge in [-0.15, -0.1) is 5.10 Å². The fourth-order valence-corrected chi connectivity index (χ4v) is 2.84. The fraction of sp³-hybridized carbons (Fsp3) is 0.136. The van der Waals surface area contributed by atoms with Gasteiger partial charge in [0.25, 0.3) is 5.91 Å². The van der Waals surface area contributed by atoms with Crippen LogP contribution in [-0.2, 0) is 4.74 Å². The number of anilines is 1. The average molecular weight is 422 g/mol. The minimum Gasteiger partial charge on any atom is -0.461 e. The minimum absolute atomic E-state index is 0.171. The molecule has 0 aliphatic rings. The van der Waals surface area contributed by atoms with E-state index in [1.54, 1.807) is 48.4 Å². The normalized spacial score (nSPS) is 10.8. The van der Waals surface area contributed by atoms with Crippen molar-refractivity contribution in [2.24, 2.45) is 0 Å². The Labute approximate surface area is 177 Å². The Bertz CT molecular complexity index is 1160. The van der Waals surface area contributed by atoms with Gasteiger partial charge in [0, 0.05) is 18.4 Å². The average Bonchev–Trinajstić information content (AvgIpc) is 3.44. The number of nitrogens with one attached hydrogen (secondary N) is 1. The lowest BCUT2D eigenvalue weighted by Crippen LogP contribution is -2.12. The third-order valence-corrected chi connectivity index (χ3v) is 4.30. The first-order valence-corrected chi connectivity index (χ1v) is 9.44. The summed E-state index contributed by atoms with van der Waals surface area (Å²) in [5.41, 5.74) is 1.52. The van der Waals surface area contributed by atoms with E-state index in [2.05, 4.69) is 15.4 Å². The van der Waals surface area contributed by atoms with Crippen LogP contribution in [-0.4, -0.2) is 41.0 Å². The summed E-state index contributed by atoms with van der Waals surface area (Å²) >= 11 is 0. The smallest absolute Gasteiger partial charge is 0.336 e. The molecule has 0 aliphatic carbocycles. The van der Waals surface area contributed by atoms with Crippen molar-refractivity contribution < 1.29 is 23.1 Å². The van der Waals surface area contributed by atoms with Gasteiger partial charge in [0.1, 0.15) is 12.4 Å². The Morgan fingerprint density at radius 2 is 1.97 bits per heavy atom. The predicted molar refractivity (Wildman–Crippen MR) is 111 cm³/mol. The molecule has 4 aromatic rings. The molecular formula is C22H19FN4O4. The van der Waals surface area contributed by atoms with Gasteiger partial charge in [-0.3, -0.25) is 4.79 Å². The molecule has 0 spiro atoms. The summed E-state index contributed by atoms with van der Waals surface area (Å²) in [6.45, 7) is 0.696. The van der Waals surface area contributed by atoms with Crippen LogP contribution in [0.3, 0.4) is 0 Å². The van der Waals surface area contributed by atoms with Crippen LogP contribution in [0.15, 0.2) is 71.3 Å². The highest BCUT2D eigenvalue weighted by Crippen LogP contribution is 2.25. The third kappa shape index (κ3) is 4.78. The number of carbonyl (C=O) groups is 1. The molecular weight excluding hydrogens is 403 g/mol. The number of halogens is 1. The van der Waals surface area contributed by atoms with Crippen molar-refractivity contribution in [3.63, 3.8) is 0 Å². The van der Waals surface area contributed by atoms with Crippen molar-refractivity contribution in [3.8, 4) is 23.3 Å². The van der Waals surface area contributed by atoms with Crippen LogP contribution in [0.1, 0.15) is 10.4 Å². The molecule has 1 amide bonds. The molecule has 0 saturated heterocycles. The Morgan fingerprint density at radius 1 is 1.13 bits per heavy atom. The molecule has 9 heteroatoms. The van der Waals surface area contributed by atoms with E-state index in [1.165, 1.54) is 24.3 Å². The van der Waals surface area contributed by atoms with E-state index in [-0.39, 0.29) is 11.9 Å². The Morgan fingerprint density at radius 3 is 2.71 bits per heavy atom. The SMILES string of the molecule is COCCOc1nc(-c2ccco2)n(-c2cccc(NC(=O)c3ccc(F)cc3)c2)n1. The van der Waals surface area contributed by atoms with Gasteiger partial charge < -0.3 is 19.2 Å². The molecule has 2 aromatic carbocycles. The van der Waals surface area contributed by atoms with Crippen LogP contribution in [0.2, 0.25) is 0 Å². The van der Waals surface area contributed by atoms with E-state index < -0.39 is 5.82 Å². The maximum Gasteiger partial charge on any atom is 0.336 e. The van der Waals surface area contributed by atoms with E-state index in [0.29, 0.717) is 41.7 Å². The van der Waals surface area contributed by atoms with Gasteiger partial charge in [0.15, 0.2) is 5.76 Å². The van der Waals surface area contributed by atoms with Gasteiger partial charge in [-0.1, -0.05) is 6.07 Å². The first kappa shape index (κ1) is 20.3. The van der Waals surface area contributed by atoms with Crippen LogP contribution in [0.25, 0.3) is 17.3 Å². The molecule has 1 N–H and O–H groups in total. The molecule has 0 radical (unpaired) electrons. The quantitative estimate of drug-likeness (QED) is 0.433. The zero-order valence-corrected chi connectivity index (χ0v) is 16.6. The maximum absolute atomic E-state index is 13.1. The van der Waals surface area contributed by atoms with Gasteiger partial charge in [0.05, 0.1) is 18.6 Å². The molecule has 0 unspecified atom stereocenters. The summed E-state index contributed by atoms with van der Waals surface area (Å²) in [6.07, 6.45) is 1.54. The van der Waals surface area contributed by atoms with Gasteiger partial charge in [-0.2, -0.15) is 4.98 Å². The lowest BCUT2D eigenvalue weighted by Gasteiger charge is -2.09. The molecule has 0 bridgehead atoms. The predicted octanol–water partition coefficient (Wildman–Crippen LogP) is 3.94. The van der Waals surface area contributed by atoms with Crippen molar-refractivity contribution in [2.45, 2.75) is 0 Å². The molecule has 4 rings (SSSR count). The number of carbonyl (C=O) groups excluding carboxylic acids is 1. The van der Waals surface area contributed by atoms with Gasteiger partial charge in [-0.05, 0) is 54.6 Å². The van der Waals surface area contributed by atoms with Gasteiger partial charge in [-0.25, -0.2) is 9.07 Å². The van der Waals surface area contributed by atoms with Crippen molar-refractivity contribution in [2.75, 3.05) is 25.6 Å². The number of aromatic nitrogens is 3. The zero-order chi connectivity index (χ0) is 21.6. The lowest BCUT2D eigenvalue weighted by atomic mass is 10.2. The van der Waals surface area contributed by atoms with Crippen molar-refractivity contribution >= 4 is 11.6 Å². The molecule has 158 valence electrons. The van der Waals surface area contributed by atoms with Crippen LogP contribution < -0.4 is 10.1 Å². The summed E-state index contributed by atoms with van der Waals surface area (Å²) < 4.78 is 30.7. The van der Waals surface area contributed by atoms with Crippen LogP contribution >= 0.6 is 0 Å². The van der Waals surface area contributed by atoms with Crippen LogP contribution in [0.4, 0.5) is 10.1 Å². The summed E-state index contributed by atoms with van der Waals surface area (Å²) in [6, 6.07) is 16.1. The molecule has 0 aliphatic heterocycles. The van der Waals surface area contributed by atoms with Crippen LogP contribution in [0, 0.1) is 5.82 Å². The highest BCUT2D eigenvalue weighted by Gasteiger charge is 2.17. The number of furan rings is 1. The molecule has 0 saturated carbocycles. The molecule has 0 fully saturated rings. The van der Waals surface area contributed by atoms with Crippen molar-refractivity contribution in [1.29, 1.82) is 0 Å². The topological polar surface area (TPSA) is 91.4 Å². The fourth-order valence-electron chi connectivity index (χ4n) is 2.84. The lowest BCUT2D eigenvalue weighted by molar-refractivity contribution is 0.102. The Balaban J connectivity index is 1.61. The second kappa shape index (κ2) is 9.23. The van der Waals surface area contributed by atoms with E-state index in [1.807, 2.05) is 6.07 Å².